The highest BCUT2D eigenvalue weighted by molar-refractivity contribution is 5.93. The fourth-order valence-corrected chi connectivity index (χ4v) is 4.40. The van der Waals surface area contributed by atoms with Gasteiger partial charge in [0.15, 0.2) is 0 Å². The zero-order valence-corrected chi connectivity index (χ0v) is 19.8. The number of methoxy groups -OCH3 is 1. The van der Waals surface area contributed by atoms with Crippen LogP contribution in [0.5, 0.6) is 5.88 Å². The average molecular weight is 442 g/mol. The first-order valence-corrected chi connectivity index (χ1v) is 11.3. The second kappa shape index (κ2) is 8.03. The van der Waals surface area contributed by atoms with Gasteiger partial charge in [-0.3, -0.25) is 4.99 Å². The van der Waals surface area contributed by atoms with E-state index in [-0.39, 0.29) is 6.97 Å². The monoisotopic (exact) mass is 441 g/mol. The number of imidazole rings is 1. The molecule has 1 unspecified atom stereocenters. The Kier molecular flexibility index (Phi) is 5.16. The lowest BCUT2D eigenvalue weighted by atomic mass is 9.93. The molecule has 0 aliphatic carbocycles. The van der Waals surface area contributed by atoms with Gasteiger partial charge in [-0.25, -0.2) is 9.97 Å². The lowest BCUT2D eigenvalue weighted by Gasteiger charge is -2.21. The molecule has 1 aliphatic heterocycles. The third-order valence-electron chi connectivity index (χ3n) is 6.24. The number of rotatable bonds is 3. The van der Waals surface area contributed by atoms with Crippen LogP contribution in [0, 0.1) is 0 Å². The highest BCUT2D eigenvalue weighted by Crippen LogP contribution is 2.37. The van der Waals surface area contributed by atoms with Gasteiger partial charge < -0.3 is 14.3 Å². The van der Waals surface area contributed by atoms with E-state index in [4.69, 9.17) is 9.73 Å². The van der Waals surface area contributed by atoms with Gasteiger partial charge >= 0.3 is 0 Å². The lowest BCUT2D eigenvalue weighted by Crippen LogP contribution is -2.20. The van der Waals surface area contributed by atoms with Gasteiger partial charge in [0.05, 0.1) is 30.2 Å². The van der Waals surface area contributed by atoms with Gasteiger partial charge in [0, 0.05) is 59.9 Å². The summed E-state index contributed by atoms with van der Waals surface area (Å²) in [5.74, 6) is 0.917. The summed E-state index contributed by atoms with van der Waals surface area (Å²) >= 11 is 0. The first kappa shape index (κ1) is 21.2. The Morgan fingerprint density at radius 1 is 1.12 bits per heavy atom. The van der Waals surface area contributed by atoms with Gasteiger partial charge in [-0.15, -0.1) is 0 Å². The Balaban J connectivity index is 0.00000274. The summed E-state index contributed by atoms with van der Waals surface area (Å²) in [6, 6.07) is 10.4. The quantitative estimate of drug-likeness (QED) is 0.394. The number of H-pyrrole nitrogens is 1. The number of hydrogen-bond acceptors (Lipinski definition) is 4. The highest BCUT2D eigenvalue weighted by atomic mass is 16.5. The third-order valence-corrected chi connectivity index (χ3v) is 6.24. The number of pyridine rings is 1. The van der Waals surface area contributed by atoms with Gasteiger partial charge in [-0.05, 0) is 57.0 Å². The van der Waals surface area contributed by atoms with E-state index in [1.54, 1.807) is 13.3 Å². The summed E-state index contributed by atoms with van der Waals surface area (Å²) in [5.41, 5.74) is 8.68. The fourth-order valence-electron chi connectivity index (χ4n) is 4.40. The fraction of sp³-hybridized carbons (Fsp3) is 0.296. The van der Waals surface area contributed by atoms with Crippen molar-refractivity contribution in [2.75, 3.05) is 7.11 Å². The van der Waals surface area contributed by atoms with E-state index in [1.807, 2.05) is 24.7 Å². The zero-order valence-electron chi connectivity index (χ0n) is 19.8. The molecule has 6 heteroatoms. The largest absolute Gasteiger partial charge is 0.481 e. The predicted octanol–water partition coefficient (Wildman–Crippen LogP) is 6.51. The SMILES string of the molecule is COc1cc(/C2=C/c3c(-c4ccc5ncn(C(C)(C)C)c5c4)c[nH]c3C(C)CC=N2)ccn1.[HH]. The van der Waals surface area contributed by atoms with Crippen molar-refractivity contribution in [3.05, 3.63) is 65.9 Å². The van der Waals surface area contributed by atoms with Crippen molar-refractivity contribution in [1.82, 2.24) is 19.5 Å². The van der Waals surface area contributed by atoms with Gasteiger partial charge in [0.25, 0.3) is 0 Å². The molecule has 4 heterocycles. The lowest BCUT2D eigenvalue weighted by molar-refractivity contribution is 0.398. The van der Waals surface area contributed by atoms with Crippen LogP contribution in [0.3, 0.4) is 0 Å². The van der Waals surface area contributed by atoms with E-state index >= 15 is 0 Å². The number of aliphatic imine (C=N–C) groups is 1. The molecule has 1 atom stereocenters. The van der Waals surface area contributed by atoms with Crippen LogP contribution in [-0.2, 0) is 5.54 Å². The topological polar surface area (TPSA) is 68.1 Å². The number of aromatic amines is 1. The molecule has 0 spiro atoms. The molecule has 0 radical (unpaired) electrons. The minimum atomic E-state index is -0.0446. The van der Waals surface area contributed by atoms with Crippen LogP contribution in [0.2, 0.25) is 0 Å². The van der Waals surface area contributed by atoms with Crippen LogP contribution < -0.4 is 4.74 Å². The van der Waals surface area contributed by atoms with E-state index in [0.29, 0.717) is 11.8 Å². The normalized spacial score (nSPS) is 17.8. The molecule has 33 heavy (non-hydrogen) atoms. The van der Waals surface area contributed by atoms with Gasteiger partial charge in [-0.1, -0.05) is 13.0 Å². The van der Waals surface area contributed by atoms with E-state index < -0.39 is 0 Å². The molecule has 1 aromatic carbocycles. The van der Waals surface area contributed by atoms with E-state index in [9.17, 15) is 0 Å². The van der Waals surface area contributed by atoms with Crippen molar-refractivity contribution in [3.63, 3.8) is 0 Å². The summed E-state index contributed by atoms with van der Waals surface area (Å²) in [4.78, 5) is 17.2. The van der Waals surface area contributed by atoms with Gasteiger partial charge in [-0.2, -0.15) is 0 Å². The Labute approximate surface area is 195 Å². The first-order chi connectivity index (χ1) is 15.8. The van der Waals surface area contributed by atoms with E-state index in [1.165, 1.54) is 11.3 Å². The van der Waals surface area contributed by atoms with E-state index in [2.05, 4.69) is 77.7 Å². The number of nitrogens with one attached hydrogen (secondary N) is 1. The number of fused-ring (bicyclic) bond motifs is 2. The maximum Gasteiger partial charge on any atom is 0.213 e. The molecule has 0 saturated carbocycles. The van der Waals surface area contributed by atoms with Crippen molar-refractivity contribution < 1.29 is 6.16 Å². The molecule has 0 fully saturated rings. The molecule has 1 N–H and O–H groups in total. The van der Waals surface area contributed by atoms with E-state index in [0.717, 1.165) is 39.8 Å². The summed E-state index contributed by atoms with van der Waals surface area (Å²) in [7, 11) is 1.63. The molecule has 170 valence electrons. The molecular weight excluding hydrogens is 410 g/mol. The second-order valence-electron chi connectivity index (χ2n) is 9.58. The van der Waals surface area contributed by atoms with Crippen molar-refractivity contribution in [2.24, 2.45) is 4.99 Å². The molecule has 0 bridgehead atoms. The Morgan fingerprint density at radius 3 is 2.76 bits per heavy atom. The molecular formula is C27H31N5O. The van der Waals surface area contributed by atoms with Gasteiger partial charge in [0.1, 0.15) is 0 Å². The van der Waals surface area contributed by atoms with Crippen molar-refractivity contribution in [1.29, 1.82) is 0 Å². The van der Waals surface area contributed by atoms with Crippen molar-refractivity contribution in [2.45, 2.75) is 45.6 Å². The predicted molar refractivity (Wildman–Crippen MR) is 137 cm³/mol. The number of aromatic nitrogens is 4. The Bertz CT molecular complexity index is 1390. The molecule has 0 saturated heterocycles. The van der Waals surface area contributed by atoms with Crippen LogP contribution in [0.1, 0.15) is 58.3 Å². The van der Waals surface area contributed by atoms with Crippen LogP contribution in [0.4, 0.5) is 0 Å². The van der Waals surface area contributed by atoms with Crippen molar-refractivity contribution in [3.8, 4) is 17.0 Å². The minimum Gasteiger partial charge on any atom is -0.481 e. The third kappa shape index (κ3) is 3.86. The number of hydrogen-bond donors (Lipinski definition) is 1. The molecule has 6 nitrogen and oxygen atoms in total. The van der Waals surface area contributed by atoms with Gasteiger partial charge in [0.2, 0.25) is 5.88 Å². The number of nitrogens with zero attached hydrogens (tertiary/aromatic N) is 4. The van der Waals surface area contributed by atoms with Crippen molar-refractivity contribution >= 4 is 29.0 Å². The molecule has 1 aliphatic rings. The number of benzene rings is 1. The molecule has 5 rings (SSSR count). The molecule has 3 aromatic heterocycles. The summed E-state index contributed by atoms with van der Waals surface area (Å²) < 4.78 is 7.57. The summed E-state index contributed by atoms with van der Waals surface area (Å²) in [5, 5.41) is 0. The molecule has 0 amide bonds. The zero-order chi connectivity index (χ0) is 23.2. The standard InChI is InChI=1S/C27H29N5O.H2/c1-17-8-10-28-23(19-9-11-29-25(13-19)33-5)14-20-21(15-30-26(17)20)18-6-7-22-24(12-18)32(16-31-22)27(2,3)4;/h6-7,9-17,30H,8H2,1-5H3;1H/b23-14-,28-10?;. The van der Waals surface area contributed by atoms with Crippen LogP contribution in [-0.4, -0.2) is 32.8 Å². The smallest absolute Gasteiger partial charge is 0.213 e. The summed E-state index contributed by atoms with van der Waals surface area (Å²) in [6.45, 7) is 8.83. The second-order valence-corrected chi connectivity index (χ2v) is 9.58. The maximum absolute atomic E-state index is 5.33. The average Bonchev–Trinajstić information content (AvgIpc) is 3.40. The molecule has 4 aromatic rings. The number of ether oxygens (including phenoxy) is 1. The summed E-state index contributed by atoms with van der Waals surface area (Å²) in [6.07, 6.45) is 10.8. The minimum absolute atomic E-state index is 0. The highest BCUT2D eigenvalue weighted by Gasteiger charge is 2.21. The first-order valence-electron chi connectivity index (χ1n) is 11.3. The Hall–Kier alpha value is -3.67. The van der Waals surface area contributed by atoms with Crippen LogP contribution >= 0.6 is 0 Å². The van der Waals surface area contributed by atoms with Crippen LogP contribution in [0.25, 0.3) is 33.9 Å². The Morgan fingerprint density at radius 2 is 1.97 bits per heavy atom. The van der Waals surface area contributed by atoms with Crippen LogP contribution in [0.15, 0.2) is 54.0 Å². The maximum atomic E-state index is 5.33.